The zero-order valence-electron chi connectivity index (χ0n) is 17.5. The second kappa shape index (κ2) is 8.16. The molecule has 1 aliphatic heterocycles. The van der Waals surface area contributed by atoms with Crippen LogP contribution in [0.4, 0.5) is 5.82 Å². The molecule has 0 bridgehead atoms. The lowest BCUT2D eigenvalue weighted by Gasteiger charge is -2.18. The predicted octanol–water partition coefficient (Wildman–Crippen LogP) is 1.50. The summed E-state index contributed by atoms with van der Waals surface area (Å²) in [6.07, 6.45) is 5.23. The third kappa shape index (κ3) is 3.99. The van der Waals surface area contributed by atoms with Crippen molar-refractivity contribution in [3.05, 3.63) is 70.9 Å². The number of carbonyl (C=O) groups is 2. The van der Waals surface area contributed by atoms with Gasteiger partial charge in [-0.05, 0) is 42.9 Å². The number of H-pyrrole nitrogens is 1. The lowest BCUT2D eigenvalue weighted by atomic mass is 9.90. The van der Waals surface area contributed by atoms with Gasteiger partial charge in [-0.2, -0.15) is 0 Å². The van der Waals surface area contributed by atoms with Gasteiger partial charge in [0.25, 0.3) is 5.91 Å². The maximum absolute atomic E-state index is 12.8. The van der Waals surface area contributed by atoms with Crippen molar-refractivity contribution in [2.45, 2.75) is 43.6 Å². The number of aromatic amines is 1. The molecule has 32 heavy (non-hydrogen) atoms. The summed E-state index contributed by atoms with van der Waals surface area (Å²) in [5.74, 6) is 0.387. The monoisotopic (exact) mass is 432 g/mol. The Kier molecular flexibility index (Phi) is 5.18. The molecule has 1 saturated carbocycles. The molecule has 3 heterocycles. The third-order valence-corrected chi connectivity index (χ3v) is 6.22. The number of hydrogen-bond donors (Lipinski definition) is 4. The van der Waals surface area contributed by atoms with Gasteiger partial charge < -0.3 is 15.7 Å². The first-order valence-corrected chi connectivity index (χ1v) is 10.7. The van der Waals surface area contributed by atoms with Crippen LogP contribution in [0.2, 0.25) is 0 Å². The first-order valence-electron chi connectivity index (χ1n) is 10.7. The van der Waals surface area contributed by atoms with E-state index in [4.69, 9.17) is 5.11 Å². The highest BCUT2D eigenvalue weighted by Crippen LogP contribution is 2.54. The molecule has 1 unspecified atom stereocenters. The Morgan fingerprint density at radius 2 is 1.97 bits per heavy atom. The van der Waals surface area contributed by atoms with Crippen LogP contribution in [0.5, 0.6) is 0 Å². The fraction of sp³-hybridized carbons (Fsp3) is 0.348. The number of fused-ring (bicyclic) bond motifs is 2. The van der Waals surface area contributed by atoms with E-state index in [9.17, 15) is 9.59 Å². The average molecular weight is 432 g/mol. The molecule has 5 rings (SSSR count). The number of amides is 2. The number of aliphatic hydroxyl groups excluding tert-OH is 1. The largest absolute Gasteiger partial charge is 0.396 e. The number of benzene rings is 1. The second-order valence-corrected chi connectivity index (χ2v) is 8.47. The molecule has 2 aliphatic rings. The normalized spacial score (nSPS) is 18.5. The summed E-state index contributed by atoms with van der Waals surface area (Å²) in [5, 5.41) is 21.5. The van der Waals surface area contributed by atoms with Crippen LogP contribution in [-0.4, -0.2) is 49.7 Å². The Morgan fingerprint density at radius 1 is 1.19 bits per heavy atom. The molecule has 164 valence electrons. The minimum absolute atomic E-state index is 0.00873. The van der Waals surface area contributed by atoms with Gasteiger partial charge in [-0.25, -0.2) is 9.97 Å². The Labute approximate surface area is 184 Å². The summed E-state index contributed by atoms with van der Waals surface area (Å²) in [4.78, 5) is 34.1. The topological polar surface area (TPSA) is 133 Å². The SMILES string of the molecule is O=C(NC1CC2(CC2)c2cccnc2NC1=O)c1n[nH]c(Cc2ccc(CCO)cc2)n1. The minimum Gasteiger partial charge on any atom is -0.396 e. The van der Waals surface area contributed by atoms with Crippen LogP contribution in [0.15, 0.2) is 42.6 Å². The van der Waals surface area contributed by atoms with Crippen LogP contribution in [-0.2, 0) is 23.1 Å². The molecule has 9 nitrogen and oxygen atoms in total. The molecular weight excluding hydrogens is 408 g/mol. The standard InChI is InChI=1S/C23H24N6O3/c30-11-7-14-3-5-15(6-4-14)12-18-26-20(29-28-18)22(32)25-17-13-23(8-9-23)16-2-1-10-24-19(16)27-21(17)31/h1-6,10,17,30H,7-9,11-13H2,(H,25,32)(H,24,27,31)(H,26,28,29). The summed E-state index contributed by atoms with van der Waals surface area (Å²) in [6.45, 7) is 0.114. The van der Waals surface area contributed by atoms with Gasteiger partial charge in [0.1, 0.15) is 17.7 Å². The lowest BCUT2D eigenvalue weighted by Crippen LogP contribution is -2.44. The van der Waals surface area contributed by atoms with E-state index in [1.807, 2.05) is 36.4 Å². The number of nitrogens with one attached hydrogen (secondary N) is 3. The van der Waals surface area contributed by atoms with E-state index in [0.29, 0.717) is 30.9 Å². The van der Waals surface area contributed by atoms with Crippen LogP contribution in [0.3, 0.4) is 0 Å². The first kappa shape index (κ1) is 20.3. The number of nitrogens with zero attached hydrogens (tertiary/aromatic N) is 3. The van der Waals surface area contributed by atoms with Crippen molar-refractivity contribution < 1.29 is 14.7 Å². The van der Waals surface area contributed by atoms with Crippen molar-refractivity contribution in [1.29, 1.82) is 0 Å². The van der Waals surface area contributed by atoms with Crippen LogP contribution < -0.4 is 10.6 Å². The molecule has 1 aromatic carbocycles. The molecule has 0 radical (unpaired) electrons. The first-order chi connectivity index (χ1) is 15.6. The highest BCUT2D eigenvalue weighted by Gasteiger charge is 2.50. The molecule has 2 aromatic heterocycles. The molecule has 1 fully saturated rings. The molecule has 1 atom stereocenters. The molecular formula is C23H24N6O3. The Hall–Kier alpha value is -3.59. The number of aliphatic hydroxyl groups is 1. The van der Waals surface area contributed by atoms with E-state index >= 15 is 0 Å². The van der Waals surface area contributed by atoms with Crippen molar-refractivity contribution in [3.8, 4) is 0 Å². The fourth-order valence-electron chi connectivity index (χ4n) is 4.32. The van der Waals surface area contributed by atoms with Gasteiger partial charge in [0, 0.05) is 30.2 Å². The van der Waals surface area contributed by atoms with Crippen molar-refractivity contribution in [3.63, 3.8) is 0 Å². The number of aromatic nitrogens is 4. The number of hydrogen-bond acceptors (Lipinski definition) is 6. The zero-order valence-corrected chi connectivity index (χ0v) is 17.5. The number of anilines is 1. The van der Waals surface area contributed by atoms with Gasteiger partial charge >= 0.3 is 0 Å². The summed E-state index contributed by atoms with van der Waals surface area (Å²) in [7, 11) is 0. The van der Waals surface area contributed by atoms with Crippen molar-refractivity contribution in [2.24, 2.45) is 0 Å². The van der Waals surface area contributed by atoms with Crippen molar-refractivity contribution >= 4 is 17.6 Å². The second-order valence-electron chi connectivity index (χ2n) is 8.47. The molecule has 1 aliphatic carbocycles. The predicted molar refractivity (Wildman–Crippen MR) is 116 cm³/mol. The van der Waals surface area contributed by atoms with Gasteiger partial charge in [0.15, 0.2) is 0 Å². The zero-order chi connectivity index (χ0) is 22.1. The van der Waals surface area contributed by atoms with Crippen LogP contribution >= 0.6 is 0 Å². The van der Waals surface area contributed by atoms with Gasteiger partial charge in [-0.1, -0.05) is 30.3 Å². The van der Waals surface area contributed by atoms with E-state index in [1.165, 1.54) is 0 Å². The van der Waals surface area contributed by atoms with Gasteiger partial charge in [0.2, 0.25) is 11.7 Å². The van der Waals surface area contributed by atoms with Crippen LogP contribution in [0, 0.1) is 0 Å². The van der Waals surface area contributed by atoms with E-state index in [-0.39, 0.29) is 23.8 Å². The smallest absolute Gasteiger partial charge is 0.291 e. The van der Waals surface area contributed by atoms with Gasteiger partial charge in [0.05, 0.1) is 0 Å². The van der Waals surface area contributed by atoms with Gasteiger partial charge in [-0.15, -0.1) is 5.10 Å². The summed E-state index contributed by atoms with van der Waals surface area (Å²) in [5.41, 5.74) is 2.99. The Balaban J connectivity index is 1.26. The number of rotatable bonds is 6. The fourth-order valence-corrected chi connectivity index (χ4v) is 4.32. The quantitative estimate of drug-likeness (QED) is 0.467. The molecule has 9 heteroatoms. The minimum atomic E-state index is -0.680. The Morgan fingerprint density at radius 3 is 2.72 bits per heavy atom. The third-order valence-electron chi connectivity index (χ3n) is 6.22. The molecule has 1 spiro atoms. The average Bonchev–Trinajstić information content (AvgIpc) is 3.45. The highest BCUT2D eigenvalue weighted by atomic mass is 16.3. The summed E-state index contributed by atoms with van der Waals surface area (Å²) in [6, 6.07) is 11.0. The maximum Gasteiger partial charge on any atom is 0.291 e. The van der Waals surface area contributed by atoms with Crippen molar-refractivity contribution in [1.82, 2.24) is 25.5 Å². The number of carbonyl (C=O) groups excluding carboxylic acids is 2. The van der Waals surface area contributed by atoms with E-state index in [0.717, 1.165) is 29.5 Å². The number of pyridine rings is 1. The summed E-state index contributed by atoms with van der Waals surface area (Å²) >= 11 is 0. The van der Waals surface area contributed by atoms with Crippen LogP contribution in [0.25, 0.3) is 0 Å². The molecule has 3 aromatic rings. The van der Waals surface area contributed by atoms with Crippen LogP contribution in [0.1, 0.15) is 52.4 Å². The summed E-state index contributed by atoms with van der Waals surface area (Å²) < 4.78 is 0. The highest BCUT2D eigenvalue weighted by molar-refractivity contribution is 6.00. The van der Waals surface area contributed by atoms with Gasteiger partial charge in [-0.3, -0.25) is 14.7 Å². The molecule has 4 N–H and O–H groups in total. The maximum atomic E-state index is 12.8. The lowest BCUT2D eigenvalue weighted by molar-refractivity contribution is -0.118. The van der Waals surface area contributed by atoms with E-state index in [1.54, 1.807) is 6.20 Å². The molecule has 2 amide bonds. The molecule has 0 saturated heterocycles. The van der Waals surface area contributed by atoms with Crippen molar-refractivity contribution in [2.75, 3.05) is 11.9 Å². The Bertz CT molecular complexity index is 1150. The van der Waals surface area contributed by atoms with E-state index < -0.39 is 11.9 Å². The van der Waals surface area contributed by atoms with E-state index in [2.05, 4.69) is 30.8 Å².